The summed E-state index contributed by atoms with van der Waals surface area (Å²) >= 11 is 1.82. The lowest BCUT2D eigenvalue weighted by Gasteiger charge is -2.42. The second-order valence-electron chi connectivity index (χ2n) is 6.03. The van der Waals surface area contributed by atoms with Gasteiger partial charge in [-0.1, -0.05) is 25.5 Å². The molecule has 0 saturated heterocycles. The van der Waals surface area contributed by atoms with Gasteiger partial charge < -0.3 is 5.11 Å². The summed E-state index contributed by atoms with van der Waals surface area (Å²) in [4.78, 5) is 10.7. The molecule has 1 fully saturated rings. The van der Waals surface area contributed by atoms with E-state index in [1.807, 2.05) is 17.8 Å². The van der Waals surface area contributed by atoms with Crippen molar-refractivity contribution in [2.24, 2.45) is 5.92 Å². The monoisotopic (exact) mass is 310 g/mol. The highest BCUT2D eigenvalue weighted by Gasteiger charge is 2.38. The first-order valence-corrected chi connectivity index (χ1v) is 8.76. The Morgan fingerprint density at radius 1 is 1.43 bits per heavy atom. The summed E-state index contributed by atoms with van der Waals surface area (Å²) in [5.41, 5.74) is 1.29. The topological polar surface area (TPSA) is 37.3 Å². The fraction of sp³-hybridized carbons (Fsp3) is 0.588. The fourth-order valence-corrected chi connectivity index (χ4v) is 4.12. The summed E-state index contributed by atoms with van der Waals surface area (Å²) in [5.74, 6) is 0.765. The van der Waals surface area contributed by atoms with Gasteiger partial charge in [-0.15, -0.1) is 0 Å². The number of carboxylic acids is 1. The molecule has 4 heteroatoms. The van der Waals surface area contributed by atoms with Crippen molar-refractivity contribution < 1.29 is 14.3 Å². The van der Waals surface area contributed by atoms with Gasteiger partial charge in [0.1, 0.15) is 5.82 Å². The highest BCUT2D eigenvalue weighted by molar-refractivity contribution is 7.99. The number of thioether (sulfide) groups is 1. The third-order valence-electron chi connectivity index (χ3n) is 4.59. The first-order valence-electron chi connectivity index (χ1n) is 7.60. The molecule has 1 aromatic carbocycles. The van der Waals surface area contributed by atoms with E-state index in [9.17, 15) is 9.18 Å². The average Bonchev–Trinajstić information content (AvgIpc) is 2.40. The van der Waals surface area contributed by atoms with Gasteiger partial charge in [-0.05, 0) is 60.3 Å². The molecule has 1 aromatic rings. The maximum absolute atomic E-state index is 13.4. The summed E-state index contributed by atoms with van der Waals surface area (Å²) in [6, 6.07) is 7.01. The van der Waals surface area contributed by atoms with E-state index >= 15 is 0 Å². The van der Waals surface area contributed by atoms with Crippen LogP contribution in [-0.2, 0) is 10.2 Å². The lowest BCUT2D eigenvalue weighted by molar-refractivity contribution is -0.141. The highest BCUT2D eigenvalue weighted by Crippen LogP contribution is 2.47. The van der Waals surface area contributed by atoms with E-state index in [0.29, 0.717) is 6.42 Å². The van der Waals surface area contributed by atoms with E-state index in [4.69, 9.17) is 5.11 Å². The Morgan fingerprint density at radius 2 is 2.19 bits per heavy atom. The van der Waals surface area contributed by atoms with Gasteiger partial charge in [-0.2, -0.15) is 11.8 Å². The number of carbonyl (C=O) groups is 1. The molecule has 1 aliphatic rings. The van der Waals surface area contributed by atoms with Gasteiger partial charge in [0, 0.05) is 0 Å². The number of carboxylic acid groups (broad SMARTS) is 1. The van der Waals surface area contributed by atoms with Crippen molar-refractivity contribution in [3.63, 3.8) is 0 Å². The van der Waals surface area contributed by atoms with Gasteiger partial charge in [-0.3, -0.25) is 4.79 Å². The zero-order valence-corrected chi connectivity index (χ0v) is 13.3. The summed E-state index contributed by atoms with van der Waals surface area (Å²) in [7, 11) is 0. The first kappa shape index (κ1) is 16.3. The molecule has 1 atom stereocenters. The van der Waals surface area contributed by atoms with Crippen LogP contribution < -0.4 is 0 Å². The van der Waals surface area contributed by atoms with Gasteiger partial charge in [0.2, 0.25) is 0 Å². The van der Waals surface area contributed by atoms with Crippen molar-refractivity contribution in [1.82, 2.24) is 0 Å². The summed E-state index contributed by atoms with van der Waals surface area (Å²) in [6.45, 7) is 1.75. The minimum Gasteiger partial charge on any atom is -0.481 e. The maximum atomic E-state index is 13.4. The minimum atomic E-state index is -0.717. The number of halogens is 1. The van der Waals surface area contributed by atoms with Crippen LogP contribution in [0.2, 0.25) is 0 Å². The first-order chi connectivity index (χ1) is 10.0. The van der Waals surface area contributed by atoms with E-state index in [-0.39, 0.29) is 17.2 Å². The third kappa shape index (κ3) is 4.22. The molecule has 0 amide bonds. The Balaban J connectivity index is 1.79. The summed E-state index contributed by atoms with van der Waals surface area (Å²) in [6.07, 6.45) is 5.28. The zero-order valence-electron chi connectivity index (χ0n) is 12.5. The van der Waals surface area contributed by atoms with Crippen molar-refractivity contribution in [2.45, 2.75) is 44.4 Å². The van der Waals surface area contributed by atoms with Gasteiger partial charge >= 0.3 is 5.97 Å². The minimum absolute atomic E-state index is 0.151. The standard InChI is InChI=1S/C17H23FO2S/c1-13(16(19)20)6-10-21-11-9-17(7-3-8-17)14-4-2-5-15(18)12-14/h2,4-5,12-13H,3,6-11H2,1H3,(H,19,20). The van der Waals surface area contributed by atoms with E-state index in [1.165, 1.54) is 12.5 Å². The molecule has 2 rings (SSSR count). The highest BCUT2D eigenvalue weighted by atomic mass is 32.2. The average molecular weight is 310 g/mol. The van der Waals surface area contributed by atoms with E-state index < -0.39 is 5.97 Å². The number of rotatable bonds is 8. The Morgan fingerprint density at radius 3 is 2.76 bits per heavy atom. The molecule has 0 bridgehead atoms. The summed E-state index contributed by atoms with van der Waals surface area (Å²) < 4.78 is 13.4. The second-order valence-corrected chi connectivity index (χ2v) is 7.26. The molecule has 0 heterocycles. The largest absolute Gasteiger partial charge is 0.481 e. The molecule has 1 aliphatic carbocycles. The maximum Gasteiger partial charge on any atom is 0.306 e. The van der Waals surface area contributed by atoms with Crippen LogP contribution in [0.4, 0.5) is 4.39 Å². The molecule has 2 nitrogen and oxygen atoms in total. The lowest BCUT2D eigenvalue weighted by Crippen LogP contribution is -2.35. The molecule has 1 unspecified atom stereocenters. The van der Waals surface area contributed by atoms with Gasteiger partial charge in [-0.25, -0.2) is 4.39 Å². The molecule has 0 aromatic heterocycles. The predicted molar refractivity (Wildman–Crippen MR) is 85.3 cm³/mol. The van der Waals surface area contributed by atoms with Crippen molar-refractivity contribution in [2.75, 3.05) is 11.5 Å². The Kier molecular flexibility index (Phi) is 5.68. The van der Waals surface area contributed by atoms with Crippen molar-refractivity contribution in [3.05, 3.63) is 35.6 Å². The molecule has 0 aliphatic heterocycles. The molecular formula is C17H23FO2S. The predicted octanol–water partition coefficient (Wildman–Crippen LogP) is 4.48. The third-order valence-corrected chi connectivity index (χ3v) is 5.61. The number of hydrogen-bond donors (Lipinski definition) is 1. The molecular weight excluding hydrogens is 287 g/mol. The van der Waals surface area contributed by atoms with Crippen LogP contribution in [0.5, 0.6) is 0 Å². The van der Waals surface area contributed by atoms with Crippen LogP contribution in [0.25, 0.3) is 0 Å². The van der Waals surface area contributed by atoms with E-state index in [0.717, 1.165) is 36.3 Å². The van der Waals surface area contributed by atoms with Gasteiger partial charge in [0.15, 0.2) is 0 Å². The SMILES string of the molecule is CC(CCSCCC1(c2cccc(F)c2)CCC1)C(=O)O. The van der Waals surface area contributed by atoms with Crippen LogP contribution in [0.15, 0.2) is 24.3 Å². The van der Waals surface area contributed by atoms with Crippen LogP contribution in [0.3, 0.4) is 0 Å². The van der Waals surface area contributed by atoms with Gasteiger partial charge in [0.25, 0.3) is 0 Å². The molecule has 1 saturated carbocycles. The van der Waals surface area contributed by atoms with Crippen LogP contribution in [0.1, 0.15) is 44.6 Å². The van der Waals surface area contributed by atoms with E-state index in [1.54, 1.807) is 19.1 Å². The molecule has 0 radical (unpaired) electrons. The summed E-state index contributed by atoms with van der Waals surface area (Å²) in [5, 5.41) is 8.84. The molecule has 21 heavy (non-hydrogen) atoms. The van der Waals surface area contributed by atoms with E-state index in [2.05, 4.69) is 0 Å². The lowest BCUT2D eigenvalue weighted by atomic mass is 9.63. The van der Waals surface area contributed by atoms with Crippen LogP contribution in [0, 0.1) is 11.7 Å². The normalized spacial score (nSPS) is 18.0. The number of benzene rings is 1. The smallest absolute Gasteiger partial charge is 0.306 e. The quantitative estimate of drug-likeness (QED) is 0.719. The van der Waals surface area contributed by atoms with Crippen molar-refractivity contribution in [3.8, 4) is 0 Å². The van der Waals surface area contributed by atoms with Crippen LogP contribution >= 0.6 is 11.8 Å². The Hall–Kier alpha value is -1.03. The second kappa shape index (κ2) is 7.30. The van der Waals surface area contributed by atoms with Crippen LogP contribution in [-0.4, -0.2) is 22.6 Å². The van der Waals surface area contributed by atoms with Gasteiger partial charge in [0.05, 0.1) is 5.92 Å². The molecule has 0 spiro atoms. The Labute approximate surface area is 130 Å². The molecule has 1 N–H and O–H groups in total. The fourth-order valence-electron chi connectivity index (χ4n) is 2.86. The van der Waals surface area contributed by atoms with Crippen molar-refractivity contribution >= 4 is 17.7 Å². The number of hydrogen-bond acceptors (Lipinski definition) is 2. The number of aliphatic carboxylic acids is 1. The molecule has 116 valence electrons. The van der Waals surface area contributed by atoms with Crippen molar-refractivity contribution in [1.29, 1.82) is 0 Å². The zero-order chi connectivity index (χ0) is 15.3. The Bertz CT molecular complexity index is 485.